The van der Waals surface area contributed by atoms with E-state index in [0.717, 1.165) is 37.9 Å². The fraction of sp³-hybridized carbons (Fsp3) is 0.579. The van der Waals surface area contributed by atoms with Crippen LogP contribution >= 0.6 is 12.4 Å². The zero-order valence-electron chi connectivity index (χ0n) is 14.8. The van der Waals surface area contributed by atoms with Gasteiger partial charge in [-0.3, -0.25) is 9.59 Å². The summed E-state index contributed by atoms with van der Waals surface area (Å²) in [5, 5.41) is 3.01. The van der Waals surface area contributed by atoms with Gasteiger partial charge in [0.1, 0.15) is 5.75 Å². The van der Waals surface area contributed by atoms with E-state index < -0.39 is 0 Å². The average Bonchev–Trinajstić information content (AvgIpc) is 2.60. The van der Waals surface area contributed by atoms with Gasteiger partial charge in [0.25, 0.3) is 0 Å². The summed E-state index contributed by atoms with van der Waals surface area (Å²) in [5.41, 5.74) is 6.48. The van der Waals surface area contributed by atoms with Crippen LogP contribution in [0.25, 0.3) is 0 Å². The van der Waals surface area contributed by atoms with Crippen molar-refractivity contribution in [1.82, 2.24) is 5.32 Å². The maximum absolute atomic E-state index is 12.2. The third-order valence-electron chi connectivity index (χ3n) is 4.37. The number of ketones is 1. The standard InChI is InChI=1S/C19H28N2O3.ClH/c1-2-13-24-17-9-3-14(4-10-17)18(22)11-12-19(23)21-16-7-5-15(20)6-8-16;/h3-4,9-10,15-16H,2,5-8,11-13,20H2,1H3,(H,21,23);1H. The van der Waals surface area contributed by atoms with Crippen molar-refractivity contribution in [3.63, 3.8) is 0 Å². The molecule has 140 valence electrons. The third kappa shape index (κ3) is 7.45. The number of nitrogens with one attached hydrogen (secondary N) is 1. The number of hydrogen-bond donors (Lipinski definition) is 2. The number of ether oxygens (including phenoxy) is 1. The molecule has 1 aliphatic carbocycles. The number of halogens is 1. The SMILES string of the molecule is CCCOc1ccc(C(=O)CCC(=O)NC2CCC(N)CC2)cc1.Cl. The van der Waals surface area contributed by atoms with Gasteiger partial charge in [0, 0.05) is 30.5 Å². The highest BCUT2D eigenvalue weighted by Gasteiger charge is 2.20. The summed E-state index contributed by atoms with van der Waals surface area (Å²) < 4.78 is 5.50. The van der Waals surface area contributed by atoms with Crippen LogP contribution in [0.2, 0.25) is 0 Å². The first-order chi connectivity index (χ1) is 11.6. The molecule has 0 spiro atoms. The molecule has 0 unspecified atom stereocenters. The van der Waals surface area contributed by atoms with Crippen molar-refractivity contribution in [2.75, 3.05) is 6.61 Å². The quantitative estimate of drug-likeness (QED) is 0.690. The lowest BCUT2D eigenvalue weighted by Gasteiger charge is -2.26. The van der Waals surface area contributed by atoms with Crippen LogP contribution in [0.5, 0.6) is 5.75 Å². The molecule has 25 heavy (non-hydrogen) atoms. The molecular formula is C19H29ClN2O3. The van der Waals surface area contributed by atoms with Crippen LogP contribution in [-0.2, 0) is 4.79 Å². The van der Waals surface area contributed by atoms with Gasteiger partial charge in [0.2, 0.25) is 5.91 Å². The second kappa shape index (κ2) is 11.1. The van der Waals surface area contributed by atoms with E-state index in [-0.39, 0.29) is 49.0 Å². The van der Waals surface area contributed by atoms with Crippen molar-refractivity contribution >= 4 is 24.1 Å². The first-order valence-corrected chi connectivity index (χ1v) is 8.89. The molecule has 1 saturated carbocycles. The molecule has 6 heteroatoms. The second-order valence-corrected chi connectivity index (χ2v) is 6.48. The summed E-state index contributed by atoms with van der Waals surface area (Å²) in [7, 11) is 0. The van der Waals surface area contributed by atoms with Crippen LogP contribution in [0.3, 0.4) is 0 Å². The number of nitrogens with two attached hydrogens (primary N) is 1. The summed E-state index contributed by atoms with van der Waals surface area (Å²) in [6.07, 6.45) is 5.18. The number of benzene rings is 1. The number of carbonyl (C=O) groups is 2. The van der Waals surface area contributed by atoms with Gasteiger partial charge in [0.15, 0.2) is 5.78 Å². The minimum absolute atomic E-state index is 0. The number of hydrogen-bond acceptors (Lipinski definition) is 4. The molecule has 0 saturated heterocycles. The Hall–Kier alpha value is -1.59. The molecule has 0 atom stereocenters. The van der Waals surface area contributed by atoms with Gasteiger partial charge in [-0.1, -0.05) is 6.92 Å². The predicted octanol–water partition coefficient (Wildman–Crippen LogP) is 3.25. The van der Waals surface area contributed by atoms with E-state index in [9.17, 15) is 9.59 Å². The van der Waals surface area contributed by atoms with E-state index in [4.69, 9.17) is 10.5 Å². The minimum Gasteiger partial charge on any atom is -0.494 e. The van der Waals surface area contributed by atoms with E-state index in [1.165, 1.54) is 0 Å². The van der Waals surface area contributed by atoms with E-state index in [0.29, 0.717) is 12.2 Å². The second-order valence-electron chi connectivity index (χ2n) is 6.48. The van der Waals surface area contributed by atoms with Crippen molar-refractivity contribution < 1.29 is 14.3 Å². The van der Waals surface area contributed by atoms with Crippen molar-refractivity contribution in [3.05, 3.63) is 29.8 Å². The van der Waals surface area contributed by atoms with Crippen LogP contribution < -0.4 is 15.8 Å². The van der Waals surface area contributed by atoms with E-state index in [1.54, 1.807) is 24.3 Å². The molecule has 1 aliphatic rings. The van der Waals surface area contributed by atoms with Gasteiger partial charge in [0.05, 0.1) is 6.61 Å². The lowest BCUT2D eigenvalue weighted by molar-refractivity contribution is -0.122. The molecule has 3 N–H and O–H groups in total. The number of carbonyl (C=O) groups excluding carboxylic acids is 2. The zero-order valence-corrected chi connectivity index (χ0v) is 15.6. The molecule has 0 aliphatic heterocycles. The number of amides is 1. The number of Topliss-reactive ketones (excluding diaryl/α,β-unsaturated/α-hetero) is 1. The van der Waals surface area contributed by atoms with E-state index >= 15 is 0 Å². The Kier molecular flexibility index (Phi) is 9.53. The molecule has 5 nitrogen and oxygen atoms in total. The summed E-state index contributed by atoms with van der Waals surface area (Å²) in [6.45, 7) is 2.71. The Labute approximate surface area is 156 Å². The van der Waals surface area contributed by atoms with Gasteiger partial charge in [-0.25, -0.2) is 0 Å². The smallest absolute Gasteiger partial charge is 0.220 e. The largest absolute Gasteiger partial charge is 0.494 e. The molecule has 0 aromatic heterocycles. The first kappa shape index (κ1) is 21.5. The van der Waals surface area contributed by atoms with Crippen LogP contribution in [0.15, 0.2) is 24.3 Å². The lowest BCUT2D eigenvalue weighted by Crippen LogP contribution is -2.40. The topological polar surface area (TPSA) is 81.4 Å². The Balaban J connectivity index is 0.00000312. The monoisotopic (exact) mass is 368 g/mol. The van der Waals surface area contributed by atoms with Crippen molar-refractivity contribution in [2.45, 2.75) is 64.0 Å². The minimum atomic E-state index is -0.0493. The Morgan fingerprint density at radius 1 is 1.12 bits per heavy atom. The van der Waals surface area contributed by atoms with Crippen molar-refractivity contribution in [2.24, 2.45) is 5.73 Å². The summed E-state index contributed by atoms with van der Waals surface area (Å²) in [5.74, 6) is 0.700. The Morgan fingerprint density at radius 2 is 1.76 bits per heavy atom. The lowest BCUT2D eigenvalue weighted by atomic mass is 9.91. The van der Waals surface area contributed by atoms with Crippen molar-refractivity contribution in [1.29, 1.82) is 0 Å². The van der Waals surface area contributed by atoms with Gasteiger partial charge in [-0.05, 0) is 56.4 Å². The molecule has 1 amide bonds. The van der Waals surface area contributed by atoms with Crippen molar-refractivity contribution in [3.8, 4) is 5.75 Å². The van der Waals surface area contributed by atoms with Gasteiger partial charge >= 0.3 is 0 Å². The molecule has 0 radical (unpaired) electrons. The fourth-order valence-corrected chi connectivity index (χ4v) is 2.89. The van der Waals surface area contributed by atoms with Gasteiger partial charge in [-0.15, -0.1) is 12.4 Å². The Bertz CT molecular complexity index is 540. The van der Waals surface area contributed by atoms with E-state index in [2.05, 4.69) is 5.32 Å². The normalized spacial score (nSPS) is 19.6. The molecular weight excluding hydrogens is 340 g/mol. The molecule has 1 aromatic rings. The molecule has 1 aromatic carbocycles. The number of rotatable bonds is 8. The predicted molar refractivity (Wildman–Crippen MR) is 101 cm³/mol. The summed E-state index contributed by atoms with van der Waals surface area (Å²) >= 11 is 0. The van der Waals surface area contributed by atoms with Crippen LogP contribution in [0.4, 0.5) is 0 Å². The molecule has 0 heterocycles. The summed E-state index contributed by atoms with van der Waals surface area (Å²) in [6, 6.07) is 7.59. The highest BCUT2D eigenvalue weighted by molar-refractivity contribution is 5.98. The van der Waals surface area contributed by atoms with Crippen LogP contribution in [0, 0.1) is 0 Å². The highest BCUT2D eigenvalue weighted by Crippen LogP contribution is 2.17. The average molecular weight is 369 g/mol. The highest BCUT2D eigenvalue weighted by atomic mass is 35.5. The third-order valence-corrected chi connectivity index (χ3v) is 4.37. The van der Waals surface area contributed by atoms with Crippen LogP contribution in [-0.4, -0.2) is 30.4 Å². The molecule has 0 bridgehead atoms. The zero-order chi connectivity index (χ0) is 17.4. The maximum atomic E-state index is 12.2. The fourth-order valence-electron chi connectivity index (χ4n) is 2.89. The van der Waals surface area contributed by atoms with Gasteiger partial charge < -0.3 is 15.8 Å². The molecule has 1 fully saturated rings. The van der Waals surface area contributed by atoms with Crippen LogP contribution in [0.1, 0.15) is 62.2 Å². The molecule has 2 rings (SSSR count). The maximum Gasteiger partial charge on any atom is 0.220 e. The Morgan fingerprint density at radius 3 is 2.36 bits per heavy atom. The van der Waals surface area contributed by atoms with Gasteiger partial charge in [-0.2, -0.15) is 0 Å². The van der Waals surface area contributed by atoms with E-state index in [1.807, 2.05) is 6.92 Å². The summed E-state index contributed by atoms with van der Waals surface area (Å²) in [4.78, 5) is 24.2. The first-order valence-electron chi connectivity index (χ1n) is 8.89.